The summed E-state index contributed by atoms with van der Waals surface area (Å²) in [5.74, 6) is 0.280. The molecule has 7 heteroatoms. The summed E-state index contributed by atoms with van der Waals surface area (Å²) in [6.45, 7) is 1.65. The van der Waals surface area contributed by atoms with Crippen molar-refractivity contribution in [1.82, 2.24) is 5.32 Å². The Hall–Kier alpha value is -2.02. The van der Waals surface area contributed by atoms with E-state index in [4.69, 9.17) is 0 Å². The number of nitrogens with zero attached hydrogens (tertiary/aromatic N) is 2. The molecule has 94 valence electrons. The highest BCUT2D eigenvalue weighted by Crippen LogP contribution is 2.22. The van der Waals surface area contributed by atoms with Crippen LogP contribution in [0.4, 0.5) is 0 Å². The first-order valence-corrected chi connectivity index (χ1v) is 6.12. The normalized spacial score (nSPS) is 18.2. The number of benzene rings is 1. The third-order valence-electron chi connectivity index (χ3n) is 2.25. The van der Waals surface area contributed by atoms with Gasteiger partial charge in [-0.1, -0.05) is 11.8 Å². The van der Waals surface area contributed by atoms with Gasteiger partial charge in [0, 0.05) is 5.56 Å². The van der Waals surface area contributed by atoms with Gasteiger partial charge in [0.15, 0.2) is 5.17 Å². The fourth-order valence-electron chi connectivity index (χ4n) is 1.37. The number of nitrogens with one attached hydrogen (secondary N) is 1. The summed E-state index contributed by atoms with van der Waals surface area (Å²) in [6.07, 6.45) is 0. The molecule has 0 aliphatic carbocycles. The zero-order valence-corrected chi connectivity index (χ0v) is 10.4. The molecule has 0 spiro atoms. The lowest BCUT2D eigenvalue weighted by Gasteiger charge is -2.03. The number of amidine groups is 1. The van der Waals surface area contributed by atoms with Gasteiger partial charge in [0.2, 0.25) is 5.91 Å². The SMILES string of the molecule is CC(=NN=C1NC(=O)CS1)c1cc(O)ccc1O. The number of rotatable bonds is 2. The lowest BCUT2D eigenvalue weighted by molar-refractivity contribution is -0.116. The van der Waals surface area contributed by atoms with Gasteiger partial charge in [0.25, 0.3) is 0 Å². The zero-order valence-electron chi connectivity index (χ0n) is 9.54. The molecule has 1 heterocycles. The molecular formula is C11H11N3O3S. The smallest absolute Gasteiger partial charge is 0.236 e. The predicted molar refractivity (Wildman–Crippen MR) is 70.0 cm³/mol. The number of aromatic hydroxyl groups is 2. The molecule has 1 fully saturated rings. The van der Waals surface area contributed by atoms with Crippen molar-refractivity contribution in [1.29, 1.82) is 0 Å². The molecule has 1 aromatic rings. The fraction of sp³-hybridized carbons (Fsp3) is 0.182. The maximum atomic E-state index is 10.9. The molecule has 1 aliphatic rings. The molecule has 1 saturated heterocycles. The highest BCUT2D eigenvalue weighted by Gasteiger charge is 2.16. The molecule has 0 atom stereocenters. The average Bonchev–Trinajstić information content (AvgIpc) is 2.75. The largest absolute Gasteiger partial charge is 0.508 e. The summed E-state index contributed by atoms with van der Waals surface area (Å²) in [4.78, 5) is 10.9. The van der Waals surface area contributed by atoms with Crippen LogP contribution in [-0.4, -0.2) is 32.8 Å². The van der Waals surface area contributed by atoms with E-state index >= 15 is 0 Å². The number of phenolic OH excluding ortho intramolecular Hbond substituents is 2. The van der Waals surface area contributed by atoms with E-state index in [0.29, 0.717) is 22.2 Å². The van der Waals surface area contributed by atoms with Crippen molar-refractivity contribution in [3.05, 3.63) is 23.8 Å². The Balaban J connectivity index is 2.23. The molecule has 1 aromatic carbocycles. The van der Waals surface area contributed by atoms with Crippen molar-refractivity contribution in [2.24, 2.45) is 10.2 Å². The van der Waals surface area contributed by atoms with Crippen molar-refractivity contribution in [3.8, 4) is 11.5 Å². The number of phenols is 2. The molecular weight excluding hydrogens is 254 g/mol. The standard InChI is InChI=1S/C11H11N3O3S/c1-6(8-4-7(15)2-3-9(8)16)13-14-11-12-10(17)5-18-11/h2-4,15-16H,5H2,1H3,(H,12,14,17). The number of amides is 1. The van der Waals surface area contributed by atoms with Crippen molar-refractivity contribution in [2.75, 3.05) is 5.75 Å². The van der Waals surface area contributed by atoms with Crippen LogP contribution in [0.2, 0.25) is 0 Å². The van der Waals surface area contributed by atoms with Gasteiger partial charge in [-0.25, -0.2) is 0 Å². The summed E-state index contributed by atoms with van der Waals surface area (Å²) in [5, 5.41) is 29.7. The number of hydrogen-bond acceptors (Lipinski definition) is 6. The molecule has 0 saturated carbocycles. The molecule has 0 unspecified atom stereocenters. The maximum Gasteiger partial charge on any atom is 0.236 e. The molecule has 1 aliphatic heterocycles. The second-order valence-electron chi connectivity index (χ2n) is 3.63. The van der Waals surface area contributed by atoms with Crippen LogP contribution >= 0.6 is 11.8 Å². The zero-order chi connectivity index (χ0) is 13.1. The first kappa shape index (κ1) is 12.4. The summed E-state index contributed by atoms with van der Waals surface area (Å²) in [7, 11) is 0. The van der Waals surface area contributed by atoms with E-state index in [2.05, 4.69) is 15.5 Å². The second-order valence-corrected chi connectivity index (χ2v) is 4.59. The first-order chi connectivity index (χ1) is 8.56. The molecule has 0 aromatic heterocycles. The van der Waals surface area contributed by atoms with Crippen molar-refractivity contribution >= 4 is 28.5 Å². The van der Waals surface area contributed by atoms with Crippen LogP contribution in [-0.2, 0) is 4.79 Å². The monoisotopic (exact) mass is 265 g/mol. The number of hydrogen-bond donors (Lipinski definition) is 3. The number of carbonyl (C=O) groups excluding carboxylic acids is 1. The van der Waals surface area contributed by atoms with Gasteiger partial charge in [-0.15, -0.1) is 5.10 Å². The Morgan fingerprint density at radius 3 is 2.89 bits per heavy atom. The Morgan fingerprint density at radius 1 is 1.44 bits per heavy atom. The summed E-state index contributed by atoms with van der Waals surface area (Å²) >= 11 is 1.27. The van der Waals surface area contributed by atoms with Crippen LogP contribution < -0.4 is 5.32 Å². The topological polar surface area (TPSA) is 94.3 Å². The minimum absolute atomic E-state index is 0.0114. The molecule has 0 bridgehead atoms. The van der Waals surface area contributed by atoms with Gasteiger partial charge in [-0.3, -0.25) is 4.79 Å². The van der Waals surface area contributed by atoms with Gasteiger partial charge in [-0.05, 0) is 25.1 Å². The molecule has 2 rings (SSSR count). The summed E-state index contributed by atoms with van der Waals surface area (Å²) in [6, 6.07) is 4.16. The molecule has 6 nitrogen and oxygen atoms in total. The van der Waals surface area contributed by atoms with E-state index in [1.54, 1.807) is 6.92 Å². The van der Waals surface area contributed by atoms with Gasteiger partial charge in [0.1, 0.15) is 11.5 Å². The Kier molecular flexibility index (Phi) is 3.52. The van der Waals surface area contributed by atoms with Crippen molar-refractivity contribution in [3.63, 3.8) is 0 Å². The van der Waals surface area contributed by atoms with E-state index < -0.39 is 0 Å². The quantitative estimate of drug-likeness (QED) is 0.423. The fourth-order valence-corrected chi connectivity index (χ4v) is 1.99. The maximum absolute atomic E-state index is 10.9. The van der Waals surface area contributed by atoms with Gasteiger partial charge < -0.3 is 15.5 Å². The summed E-state index contributed by atoms with van der Waals surface area (Å²) in [5.41, 5.74) is 0.839. The van der Waals surface area contributed by atoms with E-state index in [1.807, 2.05) is 0 Å². The van der Waals surface area contributed by atoms with Gasteiger partial charge >= 0.3 is 0 Å². The molecule has 0 radical (unpaired) electrons. The number of thioether (sulfide) groups is 1. The molecule has 18 heavy (non-hydrogen) atoms. The van der Waals surface area contributed by atoms with Gasteiger partial charge in [0.05, 0.1) is 11.5 Å². The van der Waals surface area contributed by atoms with E-state index in [-0.39, 0.29) is 17.4 Å². The third-order valence-corrected chi connectivity index (χ3v) is 3.11. The lowest BCUT2D eigenvalue weighted by Crippen LogP contribution is -2.19. The number of carbonyl (C=O) groups is 1. The highest BCUT2D eigenvalue weighted by atomic mass is 32.2. The van der Waals surface area contributed by atoms with Crippen molar-refractivity contribution in [2.45, 2.75) is 6.92 Å². The molecule has 1 amide bonds. The van der Waals surface area contributed by atoms with Crippen molar-refractivity contribution < 1.29 is 15.0 Å². The summed E-state index contributed by atoms with van der Waals surface area (Å²) < 4.78 is 0. The predicted octanol–water partition coefficient (Wildman–Crippen LogP) is 1.04. The first-order valence-electron chi connectivity index (χ1n) is 5.13. The van der Waals surface area contributed by atoms with E-state index in [9.17, 15) is 15.0 Å². The van der Waals surface area contributed by atoms with Crippen LogP contribution in [0.3, 0.4) is 0 Å². The van der Waals surface area contributed by atoms with Crippen LogP contribution in [0.25, 0.3) is 0 Å². The van der Waals surface area contributed by atoms with Crippen LogP contribution in [0.15, 0.2) is 28.4 Å². The Bertz CT molecular complexity index is 554. The minimum atomic E-state index is -0.105. The van der Waals surface area contributed by atoms with Crippen LogP contribution in [0, 0.1) is 0 Å². The second kappa shape index (κ2) is 5.09. The Labute approximate surface area is 107 Å². The van der Waals surface area contributed by atoms with Gasteiger partial charge in [-0.2, -0.15) is 5.10 Å². The van der Waals surface area contributed by atoms with E-state index in [0.717, 1.165) is 0 Å². The average molecular weight is 265 g/mol. The molecule has 3 N–H and O–H groups in total. The minimum Gasteiger partial charge on any atom is -0.508 e. The van der Waals surface area contributed by atoms with Crippen LogP contribution in [0.5, 0.6) is 11.5 Å². The van der Waals surface area contributed by atoms with E-state index in [1.165, 1.54) is 30.0 Å². The lowest BCUT2D eigenvalue weighted by atomic mass is 10.1. The van der Waals surface area contributed by atoms with Crippen LogP contribution in [0.1, 0.15) is 12.5 Å². The third kappa shape index (κ3) is 2.80. The Morgan fingerprint density at radius 2 is 2.22 bits per heavy atom. The highest BCUT2D eigenvalue weighted by molar-refractivity contribution is 8.15.